The molecule has 0 bridgehead atoms. The van der Waals surface area contributed by atoms with Gasteiger partial charge in [0.25, 0.3) is 0 Å². The smallest absolute Gasteiger partial charge is 0.138 e. The first-order chi connectivity index (χ1) is 35.2. The van der Waals surface area contributed by atoms with Gasteiger partial charge in [0, 0.05) is 61.0 Å². The van der Waals surface area contributed by atoms with Crippen LogP contribution in [0.4, 0.5) is 17.1 Å². The molecule has 4 nitrogen and oxygen atoms in total. The maximum absolute atomic E-state index is 6.85. The quantitative estimate of drug-likeness (QED) is 0.160. The SMILES string of the molecule is c1ccc(N(c2ccc(C3(c4ccccc4)c4ccccc4-c4ccccc43)cc2)c2cccc3c4c(-c5ccc6c(c5)oc5ccccc56)c5c(cc4n(-c4ccccc4)c23)oc2ccccc25)cc1. The van der Waals surface area contributed by atoms with Crippen LogP contribution in [-0.4, -0.2) is 4.57 Å². The van der Waals surface area contributed by atoms with Crippen molar-refractivity contribution in [1.29, 1.82) is 0 Å². The summed E-state index contributed by atoms with van der Waals surface area (Å²) in [4.78, 5) is 2.43. The molecule has 15 rings (SSSR count). The van der Waals surface area contributed by atoms with Crippen LogP contribution in [0.5, 0.6) is 0 Å². The Morgan fingerprint density at radius 3 is 1.65 bits per heavy atom. The highest BCUT2D eigenvalue weighted by Gasteiger charge is 2.46. The lowest BCUT2D eigenvalue weighted by Crippen LogP contribution is -2.28. The topological polar surface area (TPSA) is 34.5 Å². The van der Waals surface area contributed by atoms with Crippen LogP contribution < -0.4 is 4.90 Å². The van der Waals surface area contributed by atoms with Gasteiger partial charge in [-0.3, -0.25) is 0 Å². The molecular weight excluding hydrogens is 865 g/mol. The number of fused-ring (bicyclic) bond motifs is 12. The summed E-state index contributed by atoms with van der Waals surface area (Å²) >= 11 is 0. The molecule has 11 aromatic carbocycles. The minimum atomic E-state index is -0.507. The van der Waals surface area contributed by atoms with Gasteiger partial charge in [0.1, 0.15) is 22.3 Å². The summed E-state index contributed by atoms with van der Waals surface area (Å²) in [5.41, 5.74) is 19.1. The minimum absolute atomic E-state index is 0.507. The second-order valence-corrected chi connectivity index (χ2v) is 18.7. The van der Waals surface area contributed by atoms with E-state index in [4.69, 9.17) is 8.83 Å². The predicted molar refractivity (Wildman–Crippen MR) is 293 cm³/mol. The predicted octanol–water partition coefficient (Wildman–Crippen LogP) is 18.1. The zero-order valence-corrected chi connectivity index (χ0v) is 38.5. The zero-order chi connectivity index (χ0) is 46.6. The Morgan fingerprint density at radius 2 is 0.915 bits per heavy atom. The van der Waals surface area contributed by atoms with Gasteiger partial charge in [-0.25, -0.2) is 0 Å². The molecule has 0 saturated heterocycles. The number of nitrogens with zero attached hydrogens (tertiary/aromatic N) is 2. The molecule has 0 atom stereocenters. The molecular formula is C67H42N2O2. The molecule has 332 valence electrons. The number of hydrogen-bond donors (Lipinski definition) is 0. The highest BCUT2D eigenvalue weighted by atomic mass is 16.3. The molecule has 0 amide bonds. The van der Waals surface area contributed by atoms with E-state index in [-0.39, 0.29) is 0 Å². The maximum Gasteiger partial charge on any atom is 0.138 e. The van der Waals surface area contributed by atoms with E-state index in [1.807, 2.05) is 18.2 Å². The lowest BCUT2D eigenvalue weighted by molar-refractivity contribution is 0.668. The number of rotatable bonds is 7. The standard InChI is InChI=1S/C67H42N2O2/c1-4-19-44(20-5-1)67(55-30-14-10-25-49(55)50-26-11-15-31-56(50)67)45-36-38-48(39-37-45)68(46-21-6-2-7-22-46)57-32-18-29-54-64-58(69(66(54)57)47-23-8-3-9-24-47)42-62-65(53-28-13-17-34-60(53)71-62)63(64)43-35-40-52-51-27-12-16-33-59(51)70-61(52)41-43/h1-42H. The fourth-order valence-electron chi connectivity index (χ4n) is 12.2. The number of furan rings is 2. The number of para-hydroxylation sites is 5. The number of anilines is 3. The van der Waals surface area contributed by atoms with Crippen molar-refractivity contribution >= 4 is 82.7 Å². The van der Waals surface area contributed by atoms with Gasteiger partial charge < -0.3 is 18.3 Å². The number of benzene rings is 11. The van der Waals surface area contributed by atoms with Gasteiger partial charge >= 0.3 is 0 Å². The van der Waals surface area contributed by atoms with Gasteiger partial charge in [-0.05, 0) is 106 Å². The minimum Gasteiger partial charge on any atom is -0.456 e. The van der Waals surface area contributed by atoms with Crippen LogP contribution in [0.15, 0.2) is 264 Å². The molecule has 3 heterocycles. The van der Waals surface area contributed by atoms with E-state index in [0.29, 0.717) is 0 Å². The van der Waals surface area contributed by atoms with Crippen LogP contribution in [0.2, 0.25) is 0 Å². The van der Waals surface area contributed by atoms with Crippen molar-refractivity contribution < 1.29 is 8.83 Å². The highest BCUT2D eigenvalue weighted by molar-refractivity contribution is 6.28. The molecule has 0 saturated carbocycles. The third-order valence-corrected chi connectivity index (χ3v) is 15.0. The van der Waals surface area contributed by atoms with Crippen molar-refractivity contribution in [2.75, 3.05) is 4.90 Å². The lowest BCUT2D eigenvalue weighted by atomic mass is 9.68. The van der Waals surface area contributed by atoms with Crippen LogP contribution in [0.1, 0.15) is 22.3 Å². The molecule has 0 fully saturated rings. The van der Waals surface area contributed by atoms with E-state index in [0.717, 1.165) is 99.6 Å². The van der Waals surface area contributed by atoms with Crippen molar-refractivity contribution in [3.05, 3.63) is 277 Å². The van der Waals surface area contributed by atoms with Gasteiger partial charge in [0.05, 0.1) is 22.1 Å². The Hall–Kier alpha value is -9.38. The molecule has 4 heteroatoms. The summed E-state index contributed by atoms with van der Waals surface area (Å²) < 4.78 is 15.9. The van der Waals surface area contributed by atoms with Crippen molar-refractivity contribution in [2.24, 2.45) is 0 Å². The van der Waals surface area contributed by atoms with Crippen molar-refractivity contribution in [3.63, 3.8) is 0 Å². The van der Waals surface area contributed by atoms with Gasteiger partial charge in [-0.15, -0.1) is 0 Å². The van der Waals surface area contributed by atoms with Gasteiger partial charge in [-0.1, -0.05) is 182 Å². The number of aromatic nitrogens is 1. The molecule has 0 unspecified atom stereocenters. The van der Waals surface area contributed by atoms with Gasteiger partial charge in [0.2, 0.25) is 0 Å². The Balaban J connectivity index is 1.02. The van der Waals surface area contributed by atoms with Gasteiger partial charge in [0.15, 0.2) is 0 Å². The fourth-order valence-corrected chi connectivity index (χ4v) is 12.2. The monoisotopic (exact) mass is 906 g/mol. The van der Waals surface area contributed by atoms with E-state index in [1.54, 1.807) is 0 Å². The van der Waals surface area contributed by atoms with Crippen molar-refractivity contribution in [3.8, 4) is 27.9 Å². The zero-order valence-electron chi connectivity index (χ0n) is 38.5. The maximum atomic E-state index is 6.85. The lowest BCUT2D eigenvalue weighted by Gasteiger charge is -2.34. The Bertz CT molecular complexity index is 4350. The third-order valence-electron chi connectivity index (χ3n) is 15.0. The normalized spacial score (nSPS) is 12.9. The fraction of sp³-hybridized carbons (Fsp3) is 0.0149. The Morgan fingerprint density at radius 1 is 0.366 bits per heavy atom. The molecule has 1 aliphatic rings. The van der Waals surface area contributed by atoms with E-state index in [2.05, 4.69) is 246 Å². The summed E-state index contributed by atoms with van der Waals surface area (Å²) in [7, 11) is 0. The van der Waals surface area contributed by atoms with E-state index in [9.17, 15) is 0 Å². The molecule has 14 aromatic rings. The average molecular weight is 907 g/mol. The van der Waals surface area contributed by atoms with Crippen LogP contribution in [-0.2, 0) is 5.41 Å². The molecule has 71 heavy (non-hydrogen) atoms. The summed E-state index contributed by atoms with van der Waals surface area (Å²) in [5, 5.41) is 6.64. The summed E-state index contributed by atoms with van der Waals surface area (Å²) in [5.74, 6) is 0. The van der Waals surface area contributed by atoms with Crippen LogP contribution >= 0.6 is 0 Å². The van der Waals surface area contributed by atoms with E-state index in [1.165, 1.54) is 33.4 Å². The molecule has 3 aromatic heterocycles. The summed E-state index contributed by atoms with van der Waals surface area (Å²) in [6, 6.07) is 92.2. The van der Waals surface area contributed by atoms with Crippen LogP contribution in [0, 0.1) is 0 Å². The highest BCUT2D eigenvalue weighted by Crippen LogP contribution is 2.57. The van der Waals surface area contributed by atoms with Crippen molar-refractivity contribution in [1.82, 2.24) is 4.57 Å². The molecule has 1 aliphatic carbocycles. The Kier molecular flexibility index (Phi) is 8.54. The van der Waals surface area contributed by atoms with Gasteiger partial charge in [-0.2, -0.15) is 0 Å². The molecule has 0 spiro atoms. The van der Waals surface area contributed by atoms with Crippen molar-refractivity contribution in [2.45, 2.75) is 5.41 Å². The summed E-state index contributed by atoms with van der Waals surface area (Å²) in [6.07, 6.45) is 0. The van der Waals surface area contributed by atoms with E-state index < -0.39 is 5.41 Å². The second-order valence-electron chi connectivity index (χ2n) is 18.7. The first-order valence-electron chi connectivity index (χ1n) is 24.3. The third kappa shape index (κ3) is 5.67. The largest absolute Gasteiger partial charge is 0.456 e. The first kappa shape index (κ1) is 39.6. The average Bonchev–Trinajstić information content (AvgIpc) is 4.19. The molecule has 0 radical (unpaired) electrons. The molecule has 0 aliphatic heterocycles. The second kappa shape index (κ2) is 15.3. The first-order valence-corrected chi connectivity index (χ1v) is 24.3. The molecule has 0 N–H and O–H groups in total. The van der Waals surface area contributed by atoms with Crippen LogP contribution in [0.3, 0.4) is 0 Å². The van der Waals surface area contributed by atoms with E-state index >= 15 is 0 Å². The Labute approximate surface area is 409 Å². The number of hydrogen-bond acceptors (Lipinski definition) is 3. The van der Waals surface area contributed by atoms with Crippen LogP contribution in [0.25, 0.3) is 93.6 Å². The summed E-state index contributed by atoms with van der Waals surface area (Å²) in [6.45, 7) is 0.